The number of fused-ring (bicyclic) bond motifs is 3. The number of unbranched alkanes of at least 4 members (excludes halogenated alkanes) is 2. The van der Waals surface area contributed by atoms with E-state index in [0.29, 0.717) is 56.8 Å². The second kappa shape index (κ2) is 19.9. The zero-order chi connectivity index (χ0) is 50.6. The molecule has 0 spiro atoms. The van der Waals surface area contributed by atoms with Crippen LogP contribution in [0.3, 0.4) is 0 Å². The van der Waals surface area contributed by atoms with E-state index < -0.39 is 96.5 Å². The van der Waals surface area contributed by atoms with Crippen LogP contribution in [0.1, 0.15) is 112 Å². The van der Waals surface area contributed by atoms with Crippen molar-refractivity contribution in [1.82, 2.24) is 30.1 Å². The van der Waals surface area contributed by atoms with Crippen LogP contribution in [-0.4, -0.2) is 133 Å². The number of hydrogen-bond acceptors (Lipinski definition) is 12. The van der Waals surface area contributed by atoms with Gasteiger partial charge in [0.05, 0.1) is 13.2 Å². The van der Waals surface area contributed by atoms with Gasteiger partial charge in [-0.05, 0) is 26.7 Å². The Kier molecular flexibility index (Phi) is 14.7. The molecule has 4 saturated heterocycles. The molecule has 2 saturated carbocycles. The van der Waals surface area contributed by atoms with Crippen LogP contribution in [-0.2, 0) is 40.3 Å². The molecular weight excluding hydrogens is 1040 g/mol. The van der Waals surface area contributed by atoms with Crippen molar-refractivity contribution in [2.45, 2.75) is 155 Å². The number of aromatic nitrogens is 1. The molecule has 386 valence electrons. The van der Waals surface area contributed by atoms with Gasteiger partial charge in [0.25, 0.3) is 0 Å². The zero-order valence-electron chi connectivity index (χ0n) is 41.4. The molecule has 1 aromatic carbocycles. The summed E-state index contributed by atoms with van der Waals surface area (Å²) in [4.78, 5) is 76.9. The van der Waals surface area contributed by atoms with Gasteiger partial charge in [0, 0.05) is 24.9 Å². The van der Waals surface area contributed by atoms with E-state index in [1.165, 1.54) is 30.2 Å². The van der Waals surface area contributed by atoms with Crippen molar-refractivity contribution in [1.29, 1.82) is 0 Å². The number of benzene rings is 1. The minimum atomic E-state index is -4.04. The number of sulfonamides is 1. The van der Waals surface area contributed by atoms with Crippen LogP contribution in [0.2, 0.25) is 0 Å². The maximum atomic E-state index is 14.7. The molecule has 5 unspecified atom stereocenters. The third kappa shape index (κ3) is 11.4. The molecule has 7 atom stereocenters. The minimum absolute atomic E-state index is 0.0528. The second-order valence-corrected chi connectivity index (χ2v) is 28.2. The molecular formula is C50H70IN6O12S-. The predicted molar refractivity (Wildman–Crippen MR) is 255 cm³/mol. The first-order valence-corrected chi connectivity index (χ1v) is 28.5. The number of halogens is 1. The monoisotopic (exact) mass is 1110 g/mol. The van der Waals surface area contributed by atoms with Crippen molar-refractivity contribution in [3.05, 3.63) is 42.5 Å². The van der Waals surface area contributed by atoms with Gasteiger partial charge < -0.3 is 14.4 Å². The fourth-order valence-corrected chi connectivity index (χ4v) is 14.0. The van der Waals surface area contributed by atoms with Crippen LogP contribution in [0.25, 0.3) is 10.9 Å². The van der Waals surface area contributed by atoms with E-state index in [2.05, 4.69) is 21.9 Å². The number of rotatable bonds is 18. The third-order valence-corrected chi connectivity index (χ3v) is 20.4. The Hall–Kier alpha value is -4.44. The summed E-state index contributed by atoms with van der Waals surface area (Å²) in [6, 6.07) is 5.13. The van der Waals surface area contributed by atoms with Crippen molar-refractivity contribution in [3.8, 4) is 11.6 Å². The number of carboxylic acid groups (broad SMARTS) is 1. The number of hydrogen-bond donors (Lipinski definition) is 4. The molecule has 5 amide bonds. The number of nitrogens with zero attached hydrogens (tertiary/aromatic N) is 3. The average molecular weight is 1110 g/mol. The van der Waals surface area contributed by atoms with E-state index in [0.717, 1.165) is 36.1 Å². The summed E-state index contributed by atoms with van der Waals surface area (Å²) in [6.07, 6.45) is 6.49. The van der Waals surface area contributed by atoms with Gasteiger partial charge in [-0.25, -0.2) is 4.79 Å². The number of nitrogens with one attached hydrogen (secondary N) is 3. The Morgan fingerprint density at radius 3 is 2.29 bits per heavy atom. The number of ether oxygens (including phenoxy) is 4. The van der Waals surface area contributed by atoms with E-state index in [1.54, 1.807) is 32.6 Å². The summed E-state index contributed by atoms with van der Waals surface area (Å²) < 4.78 is 51.6. The number of pyridine rings is 1. The summed E-state index contributed by atoms with van der Waals surface area (Å²) >= 11 is -1.13. The summed E-state index contributed by atoms with van der Waals surface area (Å²) in [5, 5.41) is 15.9. The number of piperidine rings is 1. The van der Waals surface area contributed by atoms with Crippen LogP contribution in [0.15, 0.2) is 36.9 Å². The molecule has 0 radical (unpaired) electrons. The van der Waals surface area contributed by atoms with Crippen molar-refractivity contribution >= 4 is 50.8 Å². The number of para-hydroxylation sites is 1. The third-order valence-electron chi connectivity index (χ3n) is 14.3. The normalized spacial score (nSPS) is 27.6. The molecule has 20 heteroatoms. The van der Waals surface area contributed by atoms with E-state index in [1.807, 2.05) is 45.0 Å². The molecule has 5 heterocycles. The van der Waals surface area contributed by atoms with E-state index in [9.17, 15) is 37.5 Å². The van der Waals surface area contributed by atoms with Crippen molar-refractivity contribution in [2.75, 3.05) is 32.8 Å². The molecule has 6 aliphatic rings. The number of alkyl halides is 2. The summed E-state index contributed by atoms with van der Waals surface area (Å²) in [7, 11) is -4.04. The average Bonchev–Trinajstić information content (AvgIpc) is 4.22. The van der Waals surface area contributed by atoms with E-state index >= 15 is 0 Å². The summed E-state index contributed by atoms with van der Waals surface area (Å²) in [5.74, 6) is -0.828. The van der Waals surface area contributed by atoms with Crippen molar-refractivity contribution < 1.29 is 77.6 Å². The fraction of sp³-hybridized carbons (Fsp3) is 0.680. The molecule has 4 aliphatic heterocycles. The Morgan fingerprint density at radius 2 is 1.69 bits per heavy atom. The second-order valence-electron chi connectivity index (χ2n) is 22.4. The SMILES string of the molecule is C=CC1[I-]C1(NC(=O)[C@@H]1CC(Oc2nc3ccccc3c(OC3C4COCC3CN(C(=O)OC(C)(C)C)C4)c2CCCCCC2CC2)CN1C(=O)[C@@H](NC(=O)O)C(C)(C)C)C(=O)NS(=O)(=O)C1(C)CC1. The van der Waals surface area contributed by atoms with Crippen LogP contribution in [0.4, 0.5) is 9.59 Å². The molecule has 2 aliphatic carbocycles. The van der Waals surface area contributed by atoms with E-state index in [4.69, 9.17) is 23.9 Å². The zero-order valence-corrected chi connectivity index (χ0v) is 44.4. The first-order valence-electron chi connectivity index (χ1n) is 24.7. The van der Waals surface area contributed by atoms with Crippen LogP contribution < -0.4 is 46.0 Å². The maximum absolute atomic E-state index is 14.7. The molecule has 18 nitrogen and oxygen atoms in total. The van der Waals surface area contributed by atoms with Crippen LogP contribution >= 0.6 is 0 Å². The molecule has 1 aromatic heterocycles. The van der Waals surface area contributed by atoms with Gasteiger partial charge in [0.2, 0.25) is 0 Å². The Balaban J connectivity index is 1.12. The molecule has 4 N–H and O–H groups in total. The topological polar surface area (TPSA) is 232 Å². The quantitative estimate of drug-likeness (QED) is 0.0554. The number of carbonyl (C=O) groups is 5. The fourth-order valence-electron chi connectivity index (χ4n) is 9.86. The van der Waals surface area contributed by atoms with Gasteiger partial charge in [-0.2, -0.15) is 0 Å². The number of amides is 5. The molecule has 2 bridgehead atoms. The summed E-state index contributed by atoms with van der Waals surface area (Å²) in [6.45, 7) is 17.5. The first kappa shape index (κ1) is 51.9. The van der Waals surface area contributed by atoms with E-state index in [-0.39, 0.29) is 42.9 Å². The van der Waals surface area contributed by atoms with Crippen molar-refractivity contribution in [2.24, 2.45) is 23.2 Å². The van der Waals surface area contributed by atoms with Gasteiger partial charge in [-0.3, -0.25) is 0 Å². The van der Waals surface area contributed by atoms with Gasteiger partial charge in [0.15, 0.2) is 0 Å². The summed E-state index contributed by atoms with van der Waals surface area (Å²) in [5.41, 5.74) is -0.238. The molecule has 6 fully saturated rings. The molecule has 8 rings (SSSR count). The first-order chi connectivity index (χ1) is 32.9. The standard InChI is InChI=1S/C50H70IN6O12S/c1-9-37-50(51-37,44(60)55-70(64,65)49(8)21-22-49)54-41(58)36-23-32(26-57(36)43(59)40(47(2,3)4)53-45(61)62)67-42-34(17-12-10-11-15-29-19-20-29)39(33-16-13-14-18-35(33)52-42)68-38-30-24-56(25-31(38)28-66-27-30)46(63)69-48(5,6)7/h9,13-14,16,18,29-32,36-38,40,53H,1,10-12,15,17,19-28H2,2-8H3,(H,54,58)(H,55,60)(H,61,62)/q-1/t30?,31?,32?,36-,37?,38?,40+,50?/m0/s1. The Labute approximate surface area is 421 Å². The van der Waals surface area contributed by atoms with Gasteiger partial charge >= 0.3 is 302 Å². The Morgan fingerprint density at radius 1 is 1.00 bits per heavy atom. The Bertz CT molecular complexity index is 2470. The van der Waals surface area contributed by atoms with Gasteiger partial charge in [-0.1, -0.05) is 31.7 Å². The van der Waals surface area contributed by atoms with Gasteiger partial charge in [-0.15, -0.1) is 0 Å². The number of likely N-dealkylation sites (tertiary alicyclic amines) is 2. The van der Waals surface area contributed by atoms with Crippen LogP contribution in [0, 0.1) is 23.2 Å². The predicted octanol–water partition coefficient (Wildman–Crippen LogP) is 2.51. The van der Waals surface area contributed by atoms with Gasteiger partial charge in [0.1, 0.15) is 5.60 Å². The molecule has 70 heavy (non-hydrogen) atoms. The van der Waals surface area contributed by atoms with Crippen LogP contribution in [0.5, 0.6) is 11.6 Å². The van der Waals surface area contributed by atoms with Crippen molar-refractivity contribution in [3.63, 3.8) is 0 Å². The number of carbonyl (C=O) groups excluding carboxylic acids is 4. The molecule has 2 aromatic rings.